The van der Waals surface area contributed by atoms with E-state index < -0.39 is 0 Å². The molecule has 1 N–H and O–H groups in total. The van der Waals surface area contributed by atoms with Crippen LogP contribution in [0, 0.1) is 6.92 Å². The topological polar surface area (TPSA) is 46.9 Å². The van der Waals surface area contributed by atoms with Gasteiger partial charge < -0.3 is 5.32 Å². The third kappa shape index (κ3) is 4.71. The number of aryl methyl sites for hydroxylation is 2. The number of fused-ring (bicyclic) bond motifs is 1. The van der Waals surface area contributed by atoms with E-state index in [1.807, 2.05) is 65.3 Å². The molecule has 1 heterocycles. The summed E-state index contributed by atoms with van der Waals surface area (Å²) in [4.78, 5) is 12.3. The van der Waals surface area contributed by atoms with E-state index in [-0.39, 0.29) is 5.91 Å². The first-order valence-electron chi connectivity index (χ1n) is 10.1. The van der Waals surface area contributed by atoms with Gasteiger partial charge in [0.15, 0.2) is 0 Å². The lowest BCUT2D eigenvalue weighted by Gasteiger charge is -2.07. The zero-order valence-corrected chi connectivity index (χ0v) is 17.7. The minimum Gasteiger partial charge on any atom is -0.352 e. The highest BCUT2D eigenvalue weighted by Crippen LogP contribution is 2.30. The molecule has 0 spiro atoms. The summed E-state index contributed by atoms with van der Waals surface area (Å²) in [5, 5.41) is 9.54. The molecule has 0 saturated heterocycles. The Hall–Kier alpha value is -3.11. The van der Waals surface area contributed by atoms with Gasteiger partial charge in [0.2, 0.25) is 5.91 Å². The summed E-state index contributed by atoms with van der Waals surface area (Å²) in [7, 11) is 0. The van der Waals surface area contributed by atoms with Crippen LogP contribution in [-0.4, -0.2) is 15.7 Å². The molecule has 4 aromatic rings. The number of carbonyl (C=O) groups is 1. The number of carbonyl (C=O) groups excluding carboxylic acids is 1. The second-order valence-electron chi connectivity index (χ2n) is 7.47. The maximum atomic E-state index is 12.3. The number of benzene rings is 3. The molecule has 3 aromatic carbocycles. The Morgan fingerprint density at radius 1 is 1.03 bits per heavy atom. The Bertz CT molecular complexity index is 1150. The molecule has 0 bridgehead atoms. The maximum absolute atomic E-state index is 12.3. The van der Waals surface area contributed by atoms with Crippen LogP contribution >= 0.6 is 11.6 Å². The van der Waals surface area contributed by atoms with E-state index in [2.05, 4.69) is 24.4 Å². The van der Waals surface area contributed by atoms with Crippen LogP contribution < -0.4 is 5.32 Å². The van der Waals surface area contributed by atoms with Crippen molar-refractivity contribution in [2.24, 2.45) is 0 Å². The van der Waals surface area contributed by atoms with Gasteiger partial charge in [-0.2, -0.15) is 5.10 Å². The minimum atomic E-state index is 0.0540. The highest BCUT2D eigenvalue weighted by molar-refractivity contribution is 6.31. The summed E-state index contributed by atoms with van der Waals surface area (Å²) < 4.78 is 1.97. The average Bonchev–Trinajstić information content (AvgIpc) is 3.11. The number of hydrogen-bond acceptors (Lipinski definition) is 2. The lowest BCUT2D eigenvalue weighted by Crippen LogP contribution is -2.22. The van der Waals surface area contributed by atoms with E-state index in [9.17, 15) is 4.79 Å². The molecule has 0 aliphatic rings. The van der Waals surface area contributed by atoms with Crippen molar-refractivity contribution >= 4 is 28.4 Å². The Labute approximate surface area is 181 Å². The molecule has 0 aliphatic heterocycles. The van der Waals surface area contributed by atoms with Gasteiger partial charge in [-0.3, -0.25) is 9.48 Å². The number of nitrogens with zero attached hydrogens (tertiary/aromatic N) is 2. The van der Waals surface area contributed by atoms with Crippen LogP contribution in [0.15, 0.2) is 72.8 Å². The maximum Gasteiger partial charge on any atom is 0.220 e. The normalized spacial score (nSPS) is 11.0. The summed E-state index contributed by atoms with van der Waals surface area (Å²) in [6.45, 7) is 3.28. The van der Waals surface area contributed by atoms with Crippen LogP contribution in [0.25, 0.3) is 22.2 Å². The molecule has 0 unspecified atom stereocenters. The summed E-state index contributed by atoms with van der Waals surface area (Å²) >= 11 is 6.24. The van der Waals surface area contributed by atoms with Crippen LogP contribution in [0.4, 0.5) is 0 Å². The molecular weight excluding hydrogens is 394 g/mol. The summed E-state index contributed by atoms with van der Waals surface area (Å²) in [6, 6.07) is 24.1. The fourth-order valence-electron chi connectivity index (χ4n) is 3.52. The summed E-state index contributed by atoms with van der Waals surface area (Å²) in [5.41, 5.74) is 5.32. The van der Waals surface area contributed by atoms with Gasteiger partial charge in [-0.25, -0.2) is 0 Å². The standard InChI is InChI=1S/C25H24ClN3O/c1-18-9-11-19(12-10-18)17-27-24(30)8-5-15-29-23-14-13-21(26)16-22(23)25(28-29)20-6-3-2-4-7-20/h2-4,6-7,9-14,16H,5,8,15,17H2,1H3,(H,27,30). The zero-order chi connectivity index (χ0) is 20.9. The van der Waals surface area contributed by atoms with Gasteiger partial charge >= 0.3 is 0 Å². The van der Waals surface area contributed by atoms with Crippen molar-refractivity contribution in [1.29, 1.82) is 0 Å². The Morgan fingerprint density at radius 2 is 1.80 bits per heavy atom. The predicted octanol–water partition coefficient (Wildman–Crippen LogP) is 5.76. The minimum absolute atomic E-state index is 0.0540. The van der Waals surface area contributed by atoms with Gasteiger partial charge in [0.1, 0.15) is 5.69 Å². The number of amides is 1. The smallest absolute Gasteiger partial charge is 0.220 e. The molecule has 0 aliphatic carbocycles. The largest absolute Gasteiger partial charge is 0.352 e. The molecule has 0 radical (unpaired) electrons. The lowest BCUT2D eigenvalue weighted by atomic mass is 10.1. The van der Waals surface area contributed by atoms with Crippen molar-refractivity contribution in [2.75, 3.05) is 0 Å². The van der Waals surface area contributed by atoms with Crippen LogP contribution in [-0.2, 0) is 17.9 Å². The summed E-state index contributed by atoms with van der Waals surface area (Å²) in [5.74, 6) is 0.0540. The molecule has 0 atom stereocenters. The Balaban J connectivity index is 1.41. The van der Waals surface area contributed by atoms with Crippen molar-refractivity contribution in [2.45, 2.75) is 32.9 Å². The Morgan fingerprint density at radius 3 is 2.57 bits per heavy atom. The number of nitrogens with one attached hydrogen (secondary N) is 1. The second-order valence-corrected chi connectivity index (χ2v) is 7.90. The fourth-order valence-corrected chi connectivity index (χ4v) is 3.69. The first-order chi connectivity index (χ1) is 14.6. The van der Waals surface area contributed by atoms with Gasteiger partial charge in [0.25, 0.3) is 0 Å². The van der Waals surface area contributed by atoms with Crippen molar-refractivity contribution in [1.82, 2.24) is 15.1 Å². The molecule has 4 nitrogen and oxygen atoms in total. The van der Waals surface area contributed by atoms with Crippen LogP contribution in [0.3, 0.4) is 0 Å². The first kappa shape index (κ1) is 20.2. The van der Waals surface area contributed by atoms with E-state index in [1.165, 1.54) is 5.56 Å². The SMILES string of the molecule is Cc1ccc(CNC(=O)CCCn2nc(-c3ccccc3)c3cc(Cl)ccc32)cc1. The van der Waals surface area contributed by atoms with Gasteiger partial charge in [0.05, 0.1) is 5.52 Å². The third-order valence-corrected chi connectivity index (χ3v) is 5.38. The average molecular weight is 418 g/mol. The first-order valence-corrected chi connectivity index (χ1v) is 10.5. The number of hydrogen-bond donors (Lipinski definition) is 1. The number of halogens is 1. The molecule has 1 amide bonds. The van der Waals surface area contributed by atoms with Crippen molar-refractivity contribution in [3.8, 4) is 11.3 Å². The molecule has 1 aromatic heterocycles. The van der Waals surface area contributed by atoms with E-state index in [0.717, 1.165) is 27.7 Å². The van der Waals surface area contributed by atoms with Gasteiger partial charge in [0, 0.05) is 35.5 Å². The van der Waals surface area contributed by atoms with Crippen molar-refractivity contribution < 1.29 is 4.79 Å². The van der Waals surface area contributed by atoms with Crippen molar-refractivity contribution in [3.63, 3.8) is 0 Å². The summed E-state index contributed by atoms with van der Waals surface area (Å²) in [6.07, 6.45) is 1.18. The van der Waals surface area contributed by atoms with Crippen LogP contribution in [0.1, 0.15) is 24.0 Å². The van der Waals surface area contributed by atoms with Crippen LogP contribution in [0.2, 0.25) is 5.02 Å². The van der Waals surface area contributed by atoms with E-state index in [4.69, 9.17) is 16.7 Å². The quantitative estimate of drug-likeness (QED) is 0.415. The molecule has 5 heteroatoms. The van der Waals surface area contributed by atoms with Gasteiger partial charge in [-0.15, -0.1) is 0 Å². The van der Waals surface area contributed by atoms with Crippen LogP contribution in [0.5, 0.6) is 0 Å². The molecule has 0 saturated carbocycles. The Kier molecular flexibility index (Phi) is 6.15. The third-order valence-electron chi connectivity index (χ3n) is 5.14. The molecule has 4 rings (SSSR count). The van der Waals surface area contributed by atoms with Gasteiger partial charge in [-0.05, 0) is 37.1 Å². The molecule has 152 valence electrons. The predicted molar refractivity (Wildman–Crippen MR) is 122 cm³/mol. The second kappa shape index (κ2) is 9.14. The molecule has 30 heavy (non-hydrogen) atoms. The fraction of sp³-hybridized carbons (Fsp3) is 0.200. The highest BCUT2D eigenvalue weighted by atomic mass is 35.5. The zero-order valence-electron chi connectivity index (χ0n) is 16.9. The number of rotatable bonds is 7. The van der Waals surface area contributed by atoms with Crippen molar-refractivity contribution in [3.05, 3.63) is 88.9 Å². The van der Waals surface area contributed by atoms with E-state index in [1.54, 1.807) is 0 Å². The monoisotopic (exact) mass is 417 g/mol. The number of aromatic nitrogens is 2. The highest BCUT2D eigenvalue weighted by Gasteiger charge is 2.13. The van der Waals surface area contributed by atoms with E-state index in [0.29, 0.717) is 31.0 Å². The lowest BCUT2D eigenvalue weighted by molar-refractivity contribution is -0.121. The van der Waals surface area contributed by atoms with E-state index >= 15 is 0 Å². The molecular formula is C25H24ClN3O. The molecule has 0 fully saturated rings. The van der Waals surface area contributed by atoms with Gasteiger partial charge in [-0.1, -0.05) is 71.8 Å².